The monoisotopic (exact) mass is 235 g/mol. The Bertz CT molecular complexity index is 593. The number of benzene rings is 1. The summed E-state index contributed by atoms with van der Waals surface area (Å²) < 4.78 is 0. The molecule has 17 heavy (non-hydrogen) atoms. The minimum atomic E-state index is -1.32. The minimum Gasteiger partial charge on any atom is -0.475 e. The number of hydrogen-bond donors (Lipinski definition) is 1. The number of nitro groups is 1. The number of nitrogens with zero attached hydrogens (tertiary/aromatic N) is 5. The van der Waals surface area contributed by atoms with Crippen LogP contribution in [0.5, 0.6) is 0 Å². The topological polar surface area (TPSA) is 124 Å². The van der Waals surface area contributed by atoms with E-state index in [0.717, 1.165) is 4.80 Å². The molecule has 0 aliphatic heterocycles. The van der Waals surface area contributed by atoms with Gasteiger partial charge < -0.3 is 5.11 Å². The summed E-state index contributed by atoms with van der Waals surface area (Å²) >= 11 is 0. The Morgan fingerprint density at radius 2 is 2.24 bits per heavy atom. The van der Waals surface area contributed by atoms with Gasteiger partial charge in [0.05, 0.1) is 10.6 Å². The molecule has 0 amide bonds. The maximum atomic E-state index is 10.5. The minimum absolute atomic E-state index is 0.142. The molecule has 1 aromatic carbocycles. The zero-order valence-corrected chi connectivity index (χ0v) is 8.22. The van der Waals surface area contributed by atoms with Gasteiger partial charge in [0.2, 0.25) is 0 Å². The first kappa shape index (κ1) is 10.7. The molecular weight excluding hydrogens is 230 g/mol. The van der Waals surface area contributed by atoms with Gasteiger partial charge in [-0.15, -0.1) is 15.0 Å². The lowest BCUT2D eigenvalue weighted by molar-refractivity contribution is -0.384. The molecular formula is C8H5N5O4. The molecule has 0 spiro atoms. The Balaban J connectivity index is 2.42. The van der Waals surface area contributed by atoms with Crippen LogP contribution in [0.3, 0.4) is 0 Å². The van der Waals surface area contributed by atoms with Gasteiger partial charge in [0.1, 0.15) is 0 Å². The van der Waals surface area contributed by atoms with Crippen LogP contribution in [0.2, 0.25) is 0 Å². The normalized spacial score (nSPS) is 10.1. The third kappa shape index (κ3) is 2.07. The number of hydrogen-bond acceptors (Lipinski definition) is 6. The van der Waals surface area contributed by atoms with E-state index in [1.54, 1.807) is 0 Å². The molecule has 1 heterocycles. The van der Waals surface area contributed by atoms with Crippen LogP contribution >= 0.6 is 0 Å². The summed E-state index contributed by atoms with van der Waals surface area (Å²) in [5, 5.41) is 29.5. The van der Waals surface area contributed by atoms with Crippen molar-refractivity contribution in [2.75, 3.05) is 0 Å². The third-order valence-corrected chi connectivity index (χ3v) is 1.88. The van der Waals surface area contributed by atoms with Crippen molar-refractivity contribution >= 4 is 11.7 Å². The lowest BCUT2D eigenvalue weighted by Crippen LogP contribution is -2.02. The quantitative estimate of drug-likeness (QED) is 0.597. The molecule has 9 heteroatoms. The lowest BCUT2D eigenvalue weighted by atomic mass is 10.3. The van der Waals surface area contributed by atoms with Crippen molar-refractivity contribution in [1.82, 2.24) is 20.2 Å². The Morgan fingerprint density at radius 3 is 2.82 bits per heavy atom. The van der Waals surface area contributed by atoms with E-state index in [2.05, 4.69) is 15.4 Å². The number of carbonyl (C=O) groups is 1. The van der Waals surface area contributed by atoms with Gasteiger partial charge in [0.25, 0.3) is 11.5 Å². The molecule has 0 aliphatic carbocycles. The van der Waals surface area contributed by atoms with Crippen LogP contribution in [0.15, 0.2) is 24.3 Å². The predicted molar refractivity (Wildman–Crippen MR) is 52.8 cm³/mol. The summed E-state index contributed by atoms with van der Waals surface area (Å²) in [7, 11) is 0. The summed E-state index contributed by atoms with van der Waals surface area (Å²) in [4.78, 5) is 21.4. The number of aromatic carboxylic acids is 1. The highest BCUT2D eigenvalue weighted by Crippen LogP contribution is 2.14. The average Bonchev–Trinajstić information content (AvgIpc) is 2.78. The van der Waals surface area contributed by atoms with Gasteiger partial charge >= 0.3 is 5.97 Å². The summed E-state index contributed by atoms with van der Waals surface area (Å²) in [5.41, 5.74) is 0.121. The van der Waals surface area contributed by atoms with Crippen molar-refractivity contribution in [3.05, 3.63) is 40.2 Å². The first-order valence-electron chi connectivity index (χ1n) is 4.36. The molecule has 0 bridgehead atoms. The summed E-state index contributed by atoms with van der Waals surface area (Å²) in [6, 6.07) is 5.46. The average molecular weight is 235 g/mol. The maximum absolute atomic E-state index is 10.5. The zero-order valence-electron chi connectivity index (χ0n) is 8.22. The first-order chi connectivity index (χ1) is 8.08. The van der Waals surface area contributed by atoms with E-state index in [0.29, 0.717) is 0 Å². The van der Waals surface area contributed by atoms with Gasteiger partial charge in [0, 0.05) is 12.1 Å². The standard InChI is InChI=1S/C8H5N5O4/c14-8(15)7-9-11-12(10-7)5-2-1-3-6(4-5)13(16)17/h1-4H,(H,14,15). The highest BCUT2D eigenvalue weighted by atomic mass is 16.6. The number of rotatable bonds is 3. The van der Waals surface area contributed by atoms with Gasteiger partial charge in [-0.3, -0.25) is 10.1 Å². The highest BCUT2D eigenvalue weighted by molar-refractivity contribution is 5.82. The van der Waals surface area contributed by atoms with Crippen LogP contribution in [-0.2, 0) is 0 Å². The first-order valence-corrected chi connectivity index (χ1v) is 4.36. The number of carboxylic acids is 1. The fourth-order valence-corrected chi connectivity index (χ4v) is 1.14. The molecule has 1 aromatic heterocycles. The van der Waals surface area contributed by atoms with Gasteiger partial charge in [-0.25, -0.2) is 4.79 Å². The van der Waals surface area contributed by atoms with E-state index in [1.165, 1.54) is 24.3 Å². The van der Waals surface area contributed by atoms with Crippen LogP contribution in [0.1, 0.15) is 10.6 Å². The molecule has 0 saturated heterocycles. The predicted octanol–water partition coefficient (Wildman–Crippen LogP) is 0.269. The number of aromatic nitrogens is 4. The SMILES string of the molecule is O=C(O)c1nnn(-c2cccc([N+](=O)[O-])c2)n1. The molecule has 0 saturated carbocycles. The van der Waals surface area contributed by atoms with Crippen LogP contribution in [0.4, 0.5) is 5.69 Å². The van der Waals surface area contributed by atoms with Crippen molar-refractivity contribution < 1.29 is 14.8 Å². The largest absolute Gasteiger partial charge is 0.475 e. The van der Waals surface area contributed by atoms with Crippen molar-refractivity contribution in [2.45, 2.75) is 0 Å². The molecule has 2 aromatic rings. The summed E-state index contributed by atoms with van der Waals surface area (Å²) in [5.74, 6) is -1.79. The van der Waals surface area contributed by atoms with Crippen LogP contribution < -0.4 is 0 Å². The molecule has 0 fully saturated rings. The second-order valence-corrected chi connectivity index (χ2v) is 2.98. The number of nitro benzene ring substituents is 1. The smallest absolute Gasteiger partial charge is 0.377 e. The fourth-order valence-electron chi connectivity index (χ4n) is 1.14. The maximum Gasteiger partial charge on any atom is 0.377 e. The molecule has 86 valence electrons. The Morgan fingerprint density at radius 1 is 1.47 bits per heavy atom. The molecule has 9 nitrogen and oxygen atoms in total. The van der Waals surface area contributed by atoms with Gasteiger partial charge in [-0.2, -0.15) is 0 Å². The van der Waals surface area contributed by atoms with Crippen LogP contribution in [0, 0.1) is 10.1 Å². The van der Waals surface area contributed by atoms with Crippen molar-refractivity contribution in [2.24, 2.45) is 0 Å². The summed E-state index contributed by atoms with van der Waals surface area (Å²) in [6.45, 7) is 0. The van der Waals surface area contributed by atoms with Crippen molar-refractivity contribution in [3.8, 4) is 5.69 Å². The number of tetrazole rings is 1. The molecule has 1 N–H and O–H groups in total. The number of carboxylic acid groups (broad SMARTS) is 1. The van der Waals surface area contributed by atoms with E-state index in [4.69, 9.17) is 5.11 Å². The Hall–Kier alpha value is -2.84. The highest BCUT2D eigenvalue weighted by Gasteiger charge is 2.13. The van der Waals surface area contributed by atoms with Gasteiger partial charge in [-0.05, 0) is 11.3 Å². The molecule has 0 atom stereocenters. The molecule has 0 radical (unpaired) electrons. The number of non-ortho nitro benzene ring substituents is 1. The summed E-state index contributed by atoms with van der Waals surface area (Å²) in [6.07, 6.45) is 0. The van der Waals surface area contributed by atoms with Gasteiger partial charge in [0.15, 0.2) is 0 Å². The zero-order chi connectivity index (χ0) is 12.4. The lowest BCUT2D eigenvalue weighted by Gasteiger charge is -1.97. The van der Waals surface area contributed by atoms with E-state index in [-0.39, 0.29) is 11.4 Å². The van der Waals surface area contributed by atoms with E-state index < -0.39 is 16.7 Å². The van der Waals surface area contributed by atoms with Crippen molar-refractivity contribution in [1.29, 1.82) is 0 Å². The van der Waals surface area contributed by atoms with Gasteiger partial charge in [-0.1, -0.05) is 6.07 Å². The molecule has 0 unspecified atom stereocenters. The van der Waals surface area contributed by atoms with E-state index >= 15 is 0 Å². The second-order valence-electron chi connectivity index (χ2n) is 2.98. The Kier molecular flexibility index (Phi) is 2.49. The van der Waals surface area contributed by atoms with E-state index in [9.17, 15) is 14.9 Å². The van der Waals surface area contributed by atoms with E-state index in [1.807, 2.05) is 0 Å². The molecule has 2 rings (SSSR count). The van der Waals surface area contributed by atoms with Crippen LogP contribution in [-0.4, -0.2) is 36.2 Å². The molecule has 0 aliphatic rings. The van der Waals surface area contributed by atoms with Crippen LogP contribution in [0.25, 0.3) is 5.69 Å². The van der Waals surface area contributed by atoms with Crippen molar-refractivity contribution in [3.63, 3.8) is 0 Å². The second kappa shape index (κ2) is 3.96. The Labute approximate surface area is 93.4 Å². The third-order valence-electron chi connectivity index (χ3n) is 1.88. The fraction of sp³-hybridized carbons (Fsp3) is 0.